The summed E-state index contributed by atoms with van der Waals surface area (Å²) in [6.07, 6.45) is -0.609. The zero-order chi connectivity index (χ0) is 20.4. The number of amides is 1. The summed E-state index contributed by atoms with van der Waals surface area (Å²) in [7, 11) is 1.50. The lowest BCUT2D eigenvalue weighted by Gasteiger charge is -2.31. The SMILES string of the molecule is CC(C)[C@@H](C)[C@@H](C(=O)O)N(C)C(=O)OCC1c2ccccc2-c2ccccc21. The smallest absolute Gasteiger partial charge is 0.410 e. The first-order valence-corrected chi connectivity index (χ1v) is 9.63. The Labute approximate surface area is 165 Å². The second-order valence-electron chi connectivity index (χ2n) is 7.80. The molecule has 0 radical (unpaired) electrons. The van der Waals surface area contributed by atoms with Crippen molar-refractivity contribution in [3.05, 3.63) is 59.7 Å². The summed E-state index contributed by atoms with van der Waals surface area (Å²) in [5.41, 5.74) is 4.57. The Morgan fingerprint density at radius 2 is 1.50 bits per heavy atom. The van der Waals surface area contributed by atoms with Crippen LogP contribution in [0.1, 0.15) is 37.8 Å². The monoisotopic (exact) mass is 381 g/mol. The van der Waals surface area contributed by atoms with Gasteiger partial charge < -0.3 is 9.84 Å². The average molecular weight is 381 g/mol. The third-order valence-electron chi connectivity index (χ3n) is 5.84. The van der Waals surface area contributed by atoms with Gasteiger partial charge in [0.2, 0.25) is 0 Å². The molecule has 0 aromatic heterocycles. The van der Waals surface area contributed by atoms with Crippen molar-refractivity contribution < 1.29 is 19.4 Å². The maximum atomic E-state index is 12.6. The van der Waals surface area contributed by atoms with Crippen LogP contribution in [0.4, 0.5) is 4.79 Å². The zero-order valence-electron chi connectivity index (χ0n) is 16.8. The fourth-order valence-corrected chi connectivity index (χ4v) is 3.92. The van der Waals surface area contributed by atoms with E-state index in [2.05, 4.69) is 24.3 Å². The molecule has 0 bridgehead atoms. The predicted octanol–water partition coefficient (Wildman–Crippen LogP) is 4.61. The first-order valence-electron chi connectivity index (χ1n) is 9.63. The fourth-order valence-electron chi connectivity index (χ4n) is 3.92. The highest BCUT2D eigenvalue weighted by Crippen LogP contribution is 2.44. The minimum absolute atomic E-state index is 0.0458. The number of nitrogens with zero attached hydrogens (tertiary/aromatic N) is 1. The maximum Gasteiger partial charge on any atom is 0.410 e. The molecule has 2 atom stereocenters. The van der Waals surface area contributed by atoms with Crippen LogP contribution in [0.15, 0.2) is 48.5 Å². The first kappa shape index (κ1) is 19.9. The number of carbonyl (C=O) groups is 2. The molecule has 148 valence electrons. The van der Waals surface area contributed by atoms with Gasteiger partial charge in [-0.1, -0.05) is 69.3 Å². The lowest BCUT2D eigenvalue weighted by atomic mass is 9.89. The van der Waals surface area contributed by atoms with Gasteiger partial charge in [-0.15, -0.1) is 0 Å². The number of likely N-dealkylation sites (N-methyl/N-ethyl adjacent to an activating group) is 1. The third-order valence-corrected chi connectivity index (χ3v) is 5.84. The molecule has 0 fully saturated rings. The Hall–Kier alpha value is -2.82. The molecule has 2 aromatic carbocycles. The number of fused-ring (bicyclic) bond motifs is 3. The Kier molecular flexibility index (Phi) is 5.73. The summed E-state index contributed by atoms with van der Waals surface area (Å²) >= 11 is 0. The van der Waals surface area contributed by atoms with Crippen LogP contribution in [0.25, 0.3) is 11.1 Å². The highest BCUT2D eigenvalue weighted by atomic mass is 16.6. The fraction of sp³-hybridized carbons (Fsp3) is 0.391. The van der Waals surface area contributed by atoms with Crippen molar-refractivity contribution >= 4 is 12.1 Å². The highest BCUT2D eigenvalue weighted by molar-refractivity contribution is 5.81. The van der Waals surface area contributed by atoms with Gasteiger partial charge >= 0.3 is 12.1 Å². The molecule has 5 nitrogen and oxygen atoms in total. The molecule has 0 saturated heterocycles. The summed E-state index contributed by atoms with van der Waals surface area (Å²) < 4.78 is 5.59. The van der Waals surface area contributed by atoms with Gasteiger partial charge in [-0.3, -0.25) is 4.90 Å². The van der Waals surface area contributed by atoms with Crippen LogP contribution >= 0.6 is 0 Å². The molecule has 0 unspecified atom stereocenters. The zero-order valence-corrected chi connectivity index (χ0v) is 16.8. The number of hydrogen-bond donors (Lipinski definition) is 1. The van der Waals surface area contributed by atoms with Crippen LogP contribution < -0.4 is 0 Å². The number of rotatable bonds is 6. The molecule has 5 heteroatoms. The Morgan fingerprint density at radius 1 is 1.00 bits per heavy atom. The van der Waals surface area contributed by atoms with Gasteiger partial charge in [-0.25, -0.2) is 9.59 Å². The quantitative estimate of drug-likeness (QED) is 0.793. The van der Waals surface area contributed by atoms with Crippen molar-refractivity contribution in [3.63, 3.8) is 0 Å². The predicted molar refractivity (Wildman–Crippen MR) is 108 cm³/mol. The van der Waals surface area contributed by atoms with E-state index >= 15 is 0 Å². The Balaban J connectivity index is 1.77. The largest absolute Gasteiger partial charge is 0.480 e. The van der Waals surface area contributed by atoms with Crippen LogP contribution in [0, 0.1) is 11.8 Å². The van der Waals surface area contributed by atoms with E-state index in [9.17, 15) is 14.7 Å². The van der Waals surface area contributed by atoms with E-state index in [1.54, 1.807) is 0 Å². The van der Waals surface area contributed by atoms with Crippen molar-refractivity contribution in [2.45, 2.75) is 32.7 Å². The van der Waals surface area contributed by atoms with Crippen LogP contribution in [0.2, 0.25) is 0 Å². The third kappa shape index (κ3) is 3.61. The standard InChI is InChI=1S/C23H27NO4/c1-14(2)15(3)21(22(25)26)24(4)23(27)28-13-20-18-11-7-5-9-16(18)17-10-6-8-12-19(17)20/h5-12,14-15,20-21H,13H2,1-4H3,(H,25,26)/t15-,21+/m1/s1. The Bertz CT molecular complexity index is 831. The molecular formula is C23H27NO4. The summed E-state index contributed by atoms with van der Waals surface area (Å²) in [5, 5.41) is 9.60. The molecule has 28 heavy (non-hydrogen) atoms. The van der Waals surface area contributed by atoms with Crippen LogP contribution in [-0.2, 0) is 9.53 Å². The van der Waals surface area contributed by atoms with E-state index in [1.807, 2.05) is 45.0 Å². The van der Waals surface area contributed by atoms with E-state index in [-0.39, 0.29) is 24.4 Å². The van der Waals surface area contributed by atoms with E-state index in [1.165, 1.54) is 11.9 Å². The molecule has 0 saturated carbocycles. The molecular weight excluding hydrogens is 354 g/mol. The highest BCUT2D eigenvalue weighted by Gasteiger charge is 2.35. The van der Waals surface area contributed by atoms with Gasteiger partial charge in [-0.2, -0.15) is 0 Å². The number of carboxylic acids is 1. The number of carboxylic acid groups (broad SMARTS) is 1. The Morgan fingerprint density at radius 3 is 1.96 bits per heavy atom. The number of ether oxygens (including phenoxy) is 1. The van der Waals surface area contributed by atoms with Gasteiger partial charge in [0.15, 0.2) is 0 Å². The van der Waals surface area contributed by atoms with Gasteiger partial charge in [0.25, 0.3) is 0 Å². The molecule has 0 aliphatic heterocycles. The minimum atomic E-state index is -1.02. The van der Waals surface area contributed by atoms with Crippen LogP contribution in [0.3, 0.4) is 0 Å². The molecule has 1 amide bonds. The van der Waals surface area contributed by atoms with Crippen molar-refractivity contribution in [2.75, 3.05) is 13.7 Å². The summed E-state index contributed by atoms with van der Waals surface area (Å²) in [6, 6.07) is 15.3. The van der Waals surface area contributed by atoms with Gasteiger partial charge in [0.05, 0.1) is 0 Å². The summed E-state index contributed by atoms with van der Waals surface area (Å²) in [5.74, 6) is -1.12. The number of benzene rings is 2. The lowest BCUT2D eigenvalue weighted by molar-refractivity contribution is -0.144. The topological polar surface area (TPSA) is 66.8 Å². The molecule has 3 rings (SSSR count). The van der Waals surface area contributed by atoms with Crippen molar-refractivity contribution in [3.8, 4) is 11.1 Å². The van der Waals surface area contributed by atoms with E-state index in [0.29, 0.717) is 0 Å². The van der Waals surface area contributed by atoms with Crippen molar-refractivity contribution in [1.82, 2.24) is 4.90 Å². The van der Waals surface area contributed by atoms with Crippen molar-refractivity contribution in [1.29, 1.82) is 0 Å². The second kappa shape index (κ2) is 8.05. The molecule has 0 spiro atoms. The normalized spacial score (nSPS) is 14.9. The number of aliphatic carboxylic acids is 1. The van der Waals surface area contributed by atoms with Crippen LogP contribution in [0.5, 0.6) is 0 Å². The van der Waals surface area contributed by atoms with Crippen molar-refractivity contribution in [2.24, 2.45) is 11.8 Å². The number of hydrogen-bond acceptors (Lipinski definition) is 3. The van der Waals surface area contributed by atoms with Crippen LogP contribution in [-0.4, -0.2) is 41.8 Å². The van der Waals surface area contributed by atoms with E-state index in [0.717, 1.165) is 22.3 Å². The average Bonchev–Trinajstić information content (AvgIpc) is 2.99. The second-order valence-corrected chi connectivity index (χ2v) is 7.80. The summed E-state index contributed by atoms with van der Waals surface area (Å²) in [6.45, 7) is 5.93. The molecule has 0 heterocycles. The first-order chi connectivity index (χ1) is 13.3. The molecule has 2 aromatic rings. The molecule has 1 aliphatic rings. The van der Waals surface area contributed by atoms with Gasteiger partial charge in [-0.05, 0) is 34.1 Å². The van der Waals surface area contributed by atoms with Gasteiger partial charge in [0, 0.05) is 13.0 Å². The summed E-state index contributed by atoms with van der Waals surface area (Å²) in [4.78, 5) is 25.6. The van der Waals surface area contributed by atoms with Gasteiger partial charge in [0.1, 0.15) is 12.6 Å². The number of carbonyl (C=O) groups excluding carboxylic acids is 1. The maximum absolute atomic E-state index is 12.6. The molecule has 1 N–H and O–H groups in total. The molecule has 1 aliphatic carbocycles. The minimum Gasteiger partial charge on any atom is -0.480 e. The van der Waals surface area contributed by atoms with E-state index < -0.39 is 18.1 Å². The van der Waals surface area contributed by atoms with E-state index in [4.69, 9.17) is 4.74 Å². The lowest BCUT2D eigenvalue weighted by Crippen LogP contribution is -2.48.